The second-order valence-corrected chi connectivity index (χ2v) is 6.72. The molecule has 0 spiro atoms. The molecule has 0 saturated heterocycles. The van der Waals surface area contributed by atoms with Crippen LogP contribution in [0.4, 0.5) is 11.8 Å². The maximum Gasteiger partial charge on any atom is 0.225 e. The molecule has 1 aromatic carbocycles. The van der Waals surface area contributed by atoms with Gasteiger partial charge in [0.2, 0.25) is 5.95 Å². The van der Waals surface area contributed by atoms with E-state index in [-0.39, 0.29) is 18.6 Å². The van der Waals surface area contributed by atoms with Gasteiger partial charge in [-0.2, -0.15) is 4.98 Å². The molecular formula is C21H25N5O. The summed E-state index contributed by atoms with van der Waals surface area (Å²) in [6.45, 7) is 4.78. The van der Waals surface area contributed by atoms with Crippen LogP contribution in [-0.2, 0) is 6.54 Å². The third-order valence-electron chi connectivity index (χ3n) is 4.32. The molecule has 0 radical (unpaired) electrons. The zero-order valence-corrected chi connectivity index (χ0v) is 15.6. The summed E-state index contributed by atoms with van der Waals surface area (Å²) < 4.78 is 0. The molecule has 6 heteroatoms. The van der Waals surface area contributed by atoms with Crippen molar-refractivity contribution in [3.8, 4) is 11.3 Å². The Kier molecular flexibility index (Phi) is 6.33. The predicted octanol–water partition coefficient (Wildman–Crippen LogP) is 3.58. The molecular weight excluding hydrogens is 338 g/mol. The first-order valence-corrected chi connectivity index (χ1v) is 9.10. The second kappa shape index (κ2) is 9.09. The first-order chi connectivity index (χ1) is 13.2. The summed E-state index contributed by atoms with van der Waals surface area (Å²) in [6.07, 6.45) is 3.51. The quantitative estimate of drug-likeness (QED) is 0.567. The minimum absolute atomic E-state index is 0.0188. The Labute approximate surface area is 159 Å². The average Bonchev–Trinajstić information content (AvgIpc) is 2.71. The van der Waals surface area contributed by atoms with Crippen LogP contribution in [0.25, 0.3) is 11.3 Å². The highest BCUT2D eigenvalue weighted by Gasteiger charge is 2.15. The van der Waals surface area contributed by atoms with E-state index in [2.05, 4.69) is 37.7 Å². The first kappa shape index (κ1) is 18.8. The number of benzene rings is 1. The van der Waals surface area contributed by atoms with Crippen LogP contribution >= 0.6 is 0 Å². The van der Waals surface area contributed by atoms with Gasteiger partial charge in [-0.3, -0.25) is 4.98 Å². The van der Waals surface area contributed by atoms with Crippen LogP contribution in [0.15, 0.2) is 60.9 Å². The van der Waals surface area contributed by atoms with Crippen LogP contribution in [0.3, 0.4) is 0 Å². The van der Waals surface area contributed by atoms with Crippen molar-refractivity contribution >= 4 is 11.8 Å². The summed E-state index contributed by atoms with van der Waals surface area (Å²) in [6, 6.07) is 15.8. The molecule has 3 N–H and O–H groups in total. The van der Waals surface area contributed by atoms with Gasteiger partial charge in [-0.1, -0.05) is 44.2 Å². The van der Waals surface area contributed by atoms with E-state index < -0.39 is 0 Å². The Hall–Kier alpha value is -2.99. The highest BCUT2D eigenvalue weighted by atomic mass is 16.3. The van der Waals surface area contributed by atoms with E-state index in [0.29, 0.717) is 12.5 Å². The number of aromatic nitrogens is 3. The molecule has 2 heterocycles. The van der Waals surface area contributed by atoms with Gasteiger partial charge in [0.15, 0.2) is 0 Å². The monoisotopic (exact) mass is 363 g/mol. The minimum Gasteiger partial charge on any atom is -0.394 e. The van der Waals surface area contributed by atoms with Crippen molar-refractivity contribution in [2.45, 2.75) is 26.4 Å². The zero-order chi connectivity index (χ0) is 19.1. The van der Waals surface area contributed by atoms with E-state index in [1.54, 1.807) is 12.4 Å². The molecule has 0 amide bonds. The number of nitrogens with zero attached hydrogens (tertiary/aromatic N) is 3. The Balaban J connectivity index is 1.88. The Bertz CT molecular complexity index is 840. The maximum atomic E-state index is 9.62. The molecule has 0 fully saturated rings. The third kappa shape index (κ3) is 5.24. The molecule has 0 unspecified atom stereocenters. The van der Waals surface area contributed by atoms with Gasteiger partial charge in [0.25, 0.3) is 0 Å². The standard InChI is InChI=1S/C21H25N5O/c1-15(2)19(14-27)25-21-24-18(17-9-6-10-22-13-17)11-20(26-21)23-12-16-7-4-3-5-8-16/h3-11,13,15,19,27H,12,14H2,1-2H3,(H2,23,24,25,26)/t19-/m0/s1. The number of aliphatic hydroxyl groups is 1. The average molecular weight is 363 g/mol. The number of pyridine rings is 1. The SMILES string of the molecule is CC(C)[C@H](CO)Nc1nc(NCc2ccccc2)cc(-c2cccnc2)n1. The van der Waals surface area contributed by atoms with Gasteiger partial charge >= 0.3 is 0 Å². The van der Waals surface area contributed by atoms with Crippen molar-refractivity contribution in [3.63, 3.8) is 0 Å². The Morgan fingerprint density at radius 3 is 2.52 bits per heavy atom. The minimum atomic E-state index is -0.115. The van der Waals surface area contributed by atoms with Gasteiger partial charge in [0.1, 0.15) is 5.82 Å². The summed E-state index contributed by atoms with van der Waals surface area (Å²) in [5.41, 5.74) is 2.86. The van der Waals surface area contributed by atoms with Gasteiger partial charge in [-0.25, -0.2) is 4.98 Å². The summed E-state index contributed by atoms with van der Waals surface area (Å²) >= 11 is 0. The lowest BCUT2D eigenvalue weighted by Crippen LogP contribution is -2.30. The van der Waals surface area contributed by atoms with E-state index in [4.69, 9.17) is 0 Å². The fourth-order valence-corrected chi connectivity index (χ4v) is 2.64. The lowest BCUT2D eigenvalue weighted by molar-refractivity contribution is 0.248. The van der Waals surface area contributed by atoms with Gasteiger partial charge in [0.05, 0.1) is 18.3 Å². The van der Waals surface area contributed by atoms with Crippen LogP contribution < -0.4 is 10.6 Å². The number of aliphatic hydroxyl groups excluding tert-OH is 1. The Morgan fingerprint density at radius 2 is 1.85 bits per heavy atom. The van der Waals surface area contributed by atoms with E-state index in [9.17, 15) is 5.11 Å². The van der Waals surface area contributed by atoms with Gasteiger partial charge in [0, 0.05) is 30.6 Å². The van der Waals surface area contributed by atoms with Crippen molar-refractivity contribution in [3.05, 3.63) is 66.5 Å². The van der Waals surface area contributed by atoms with Crippen LogP contribution in [0.5, 0.6) is 0 Å². The molecule has 27 heavy (non-hydrogen) atoms. The van der Waals surface area contributed by atoms with Gasteiger partial charge < -0.3 is 15.7 Å². The third-order valence-corrected chi connectivity index (χ3v) is 4.32. The molecule has 2 aromatic heterocycles. The fraction of sp³-hybridized carbons (Fsp3) is 0.286. The highest BCUT2D eigenvalue weighted by molar-refractivity contribution is 5.63. The molecule has 1 atom stereocenters. The topological polar surface area (TPSA) is 83.0 Å². The lowest BCUT2D eigenvalue weighted by Gasteiger charge is -2.20. The highest BCUT2D eigenvalue weighted by Crippen LogP contribution is 2.22. The van der Waals surface area contributed by atoms with Crippen molar-refractivity contribution in [2.75, 3.05) is 17.2 Å². The number of rotatable bonds is 8. The van der Waals surface area contributed by atoms with E-state index in [1.165, 1.54) is 5.56 Å². The summed E-state index contributed by atoms with van der Waals surface area (Å²) in [7, 11) is 0. The molecule has 140 valence electrons. The van der Waals surface area contributed by atoms with Crippen molar-refractivity contribution in [1.29, 1.82) is 0 Å². The van der Waals surface area contributed by atoms with E-state index in [1.807, 2.05) is 50.2 Å². The fourth-order valence-electron chi connectivity index (χ4n) is 2.64. The summed E-state index contributed by atoms with van der Waals surface area (Å²) in [5.74, 6) is 1.46. The predicted molar refractivity (Wildman–Crippen MR) is 108 cm³/mol. The van der Waals surface area contributed by atoms with Crippen LogP contribution in [0.2, 0.25) is 0 Å². The number of nitrogens with one attached hydrogen (secondary N) is 2. The molecule has 0 aliphatic carbocycles. The number of hydrogen-bond donors (Lipinski definition) is 3. The van der Waals surface area contributed by atoms with Gasteiger partial charge in [-0.05, 0) is 23.6 Å². The molecule has 0 aliphatic heterocycles. The van der Waals surface area contributed by atoms with Crippen molar-refractivity contribution in [2.24, 2.45) is 5.92 Å². The van der Waals surface area contributed by atoms with Crippen LogP contribution in [0, 0.1) is 5.92 Å². The number of hydrogen-bond acceptors (Lipinski definition) is 6. The molecule has 6 nitrogen and oxygen atoms in total. The molecule has 3 aromatic rings. The largest absolute Gasteiger partial charge is 0.394 e. The van der Waals surface area contributed by atoms with E-state index >= 15 is 0 Å². The van der Waals surface area contributed by atoms with Crippen molar-refractivity contribution in [1.82, 2.24) is 15.0 Å². The molecule has 0 bridgehead atoms. The lowest BCUT2D eigenvalue weighted by atomic mass is 10.1. The normalized spacial score (nSPS) is 12.0. The molecule has 0 saturated carbocycles. The smallest absolute Gasteiger partial charge is 0.225 e. The summed E-state index contributed by atoms with van der Waals surface area (Å²) in [4.78, 5) is 13.4. The van der Waals surface area contributed by atoms with Gasteiger partial charge in [-0.15, -0.1) is 0 Å². The summed E-state index contributed by atoms with van der Waals surface area (Å²) in [5, 5.41) is 16.2. The molecule has 3 rings (SSSR count). The Morgan fingerprint density at radius 1 is 1.04 bits per heavy atom. The zero-order valence-electron chi connectivity index (χ0n) is 15.6. The second-order valence-electron chi connectivity index (χ2n) is 6.72. The van der Waals surface area contributed by atoms with Crippen LogP contribution in [0.1, 0.15) is 19.4 Å². The van der Waals surface area contributed by atoms with Crippen LogP contribution in [-0.4, -0.2) is 32.7 Å². The first-order valence-electron chi connectivity index (χ1n) is 9.10. The molecule has 0 aliphatic rings. The van der Waals surface area contributed by atoms with E-state index in [0.717, 1.165) is 17.1 Å². The van der Waals surface area contributed by atoms with Crippen molar-refractivity contribution < 1.29 is 5.11 Å². The number of anilines is 2. The maximum absolute atomic E-state index is 9.62.